The van der Waals surface area contributed by atoms with Crippen molar-refractivity contribution in [2.45, 2.75) is 37.6 Å². The van der Waals surface area contributed by atoms with E-state index in [1.807, 2.05) is 0 Å². The first-order chi connectivity index (χ1) is 9.43. The standard InChI is InChI=1S/C12H20N2O6/c1-7-6-20-9(5-15)4-13(7)12(19)14-3-8(16)2-10(14)11(17)18/h7-10,15-16H,2-6H2,1H3,(H,17,18)/t7?,8?,9?,10-/m0/s1. The van der Waals surface area contributed by atoms with E-state index in [2.05, 4.69) is 0 Å². The number of rotatable bonds is 2. The lowest BCUT2D eigenvalue weighted by molar-refractivity contribution is -0.141. The van der Waals surface area contributed by atoms with Crippen LogP contribution in [0.1, 0.15) is 13.3 Å². The van der Waals surface area contributed by atoms with E-state index < -0.39 is 30.3 Å². The molecule has 0 bridgehead atoms. The normalized spacial score (nSPS) is 34.4. The van der Waals surface area contributed by atoms with Gasteiger partial charge in [0.25, 0.3) is 0 Å². The van der Waals surface area contributed by atoms with Crippen molar-refractivity contribution in [1.82, 2.24) is 9.80 Å². The Balaban J connectivity index is 2.10. The zero-order chi connectivity index (χ0) is 14.9. The molecule has 2 heterocycles. The number of amides is 2. The van der Waals surface area contributed by atoms with Crippen molar-refractivity contribution >= 4 is 12.0 Å². The fraction of sp³-hybridized carbons (Fsp3) is 0.833. The van der Waals surface area contributed by atoms with Gasteiger partial charge in [-0.15, -0.1) is 0 Å². The molecule has 20 heavy (non-hydrogen) atoms. The van der Waals surface area contributed by atoms with Gasteiger partial charge in [-0.25, -0.2) is 9.59 Å². The third kappa shape index (κ3) is 2.87. The zero-order valence-corrected chi connectivity index (χ0v) is 11.3. The molecule has 8 heteroatoms. The number of carboxylic acid groups (broad SMARTS) is 1. The highest BCUT2D eigenvalue weighted by Gasteiger charge is 2.42. The Kier molecular flexibility index (Phi) is 4.46. The van der Waals surface area contributed by atoms with Crippen LogP contribution in [0.4, 0.5) is 4.79 Å². The van der Waals surface area contributed by atoms with Crippen LogP contribution in [0, 0.1) is 0 Å². The number of urea groups is 1. The van der Waals surface area contributed by atoms with Gasteiger partial charge in [-0.05, 0) is 6.92 Å². The Hall–Kier alpha value is -1.38. The van der Waals surface area contributed by atoms with Crippen LogP contribution < -0.4 is 0 Å². The van der Waals surface area contributed by atoms with Gasteiger partial charge in [-0.1, -0.05) is 0 Å². The lowest BCUT2D eigenvalue weighted by Crippen LogP contribution is -2.57. The van der Waals surface area contributed by atoms with Crippen LogP contribution in [0.5, 0.6) is 0 Å². The Labute approximate surface area is 116 Å². The molecule has 2 amide bonds. The third-order valence-electron chi connectivity index (χ3n) is 3.76. The molecule has 0 spiro atoms. The number of aliphatic carboxylic acids is 1. The lowest BCUT2D eigenvalue weighted by Gasteiger charge is -2.40. The van der Waals surface area contributed by atoms with Crippen molar-refractivity contribution < 1.29 is 29.6 Å². The molecule has 2 aliphatic heterocycles. The molecule has 3 N–H and O–H groups in total. The van der Waals surface area contributed by atoms with Gasteiger partial charge in [0, 0.05) is 13.0 Å². The molecule has 114 valence electrons. The molecule has 3 unspecified atom stereocenters. The van der Waals surface area contributed by atoms with Gasteiger partial charge in [0.15, 0.2) is 0 Å². The van der Waals surface area contributed by atoms with Crippen LogP contribution in [0.2, 0.25) is 0 Å². The van der Waals surface area contributed by atoms with Crippen LogP contribution in [0.25, 0.3) is 0 Å². The number of carboxylic acids is 1. The molecule has 0 aromatic rings. The summed E-state index contributed by atoms with van der Waals surface area (Å²) in [5, 5.41) is 27.8. The number of likely N-dealkylation sites (tertiary alicyclic amines) is 1. The van der Waals surface area contributed by atoms with Gasteiger partial charge in [-0.2, -0.15) is 0 Å². The van der Waals surface area contributed by atoms with Crippen LogP contribution in [0.3, 0.4) is 0 Å². The Morgan fingerprint density at radius 2 is 2.00 bits per heavy atom. The predicted molar refractivity (Wildman–Crippen MR) is 67.1 cm³/mol. The average Bonchev–Trinajstić information content (AvgIpc) is 2.81. The zero-order valence-electron chi connectivity index (χ0n) is 11.3. The third-order valence-corrected chi connectivity index (χ3v) is 3.76. The van der Waals surface area contributed by atoms with Gasteiger partial charge < -0.3 is 29.9 Å². The monoisotopic (exact) mass is 288 g/mol. The number of hydrogen-bond acceptors (Lipinski definition) is 5. The highest BCUT2D eigenvalue weighted by atomic mass is 16.5. The van der Waals surface area contributed by atoms with Crippen molar-refractivity contribution in [2.75, 3.05) is 26.3 Å². The molecular weight excluding hydrogens is 268 g/mol. The molecule has 4 atom stereocenters. The van der Waals surface area contributed by atoms with Crippen molar-refractivity contribution in [3.05, 3.63) is 0 Å². The number of ether oxygens (including phenoxy) is 1. The summed E-state index contributed by atoms with van der Waals surface area (Å²) in [6, 6.07) is -1.62. The molecule has 0 aliphatic carbocycles. The molecule has 8 nitrogen and oxygen atoms in total. The van der Waals surface area contributed by atoms with E-state index in [9.17, 15) is 14.7 Å². The number of hydrogen-bond donors (Lipinski definition) is 3. The Bertz CT molecular complexity index is 390. The second kappa shape index (κ2) is 5.94. The van der Waals surface area contributed by atoms with E-state index in [0.29, 0.717) is 6.61 Å². The molecule has 2 fully saturated rings. The summed E-state index contributed by atoms with van der Waals surface area (Å²) < 4.78 is 5.35. The largest absolute Gasteiger partial charge is 0.480 e. The number of morpholine rings is 1. The van der Waals surface area contributed by atoms with Gasteiger partial charge in [0.1, 0.15) is 6.04 Å². The maximum Gasteiger partial charge on any atom is 0.326 e. The minimum absolute atomic E-state index is 0.0175. The van der Waals surface area contributed by atoms with Crippen molar-refractivity contribution in [3.63, 3.8) is 0 Å². The summed E-state index contributed by atoms with van der Waals surface area (Å²) in [6.07, 6.45) is -1.22. The van der Waals surface area contributed by atoms with Crippen molar-refractivity contribution in [1.29, 1.82) is 0 Å². The second-order valence-electron chi connectivity index (χ2n) is 5.32. The first-order valence-electron chi connectivity index (χ1n) is 6.64. The first-order valence-corrected chi connectivity index (χ1v) is 6.64. The summed E-state index contributed by atoms with van der Waals surface area (Å²) in [4.78, 5) is 26.3. The van der Waals surface area contributed by atoms with Crippen LogP contribution in [-0.4, -0.2) is 87.7 Å². The van der Waals surface area contributed by atoms with E-state index in [1.54, 1.807) is 6.92 Å². The number of β-amino-alcohol motifs (C(OH)–C–C–N with tert-alkyl or cyclic N) is 1. The molecule has 2 aliphatic rings. The van der Waals surface area contributed by atoms with Crippen LogP contribution >= 0.6 is 0 Å². The highest BCUT2D eigenvalue weighted by Crippen LogP contribution is 2.22. The number of nitrogens with zero attached hydrogens (tertiary/aromatic N) is 2. The maximum atomic E-state index is 12.5. The van der Waals surface area contributed by atoms with E-state index in [1.165, 1.54) is 9.80 Å². The second-order valence-corrected chi connectivity index (χ2v) is 5.32. The molecule has 2 rings (SSSR count). The highest BCUT2D eigenvalue weighted by molar-refractivity contribution is 5.83. The fourth-order valence-corrected chi connectivity index (χ4v) is 2.62. The number of aliphatic hydroxyl groups excluding tert-OH is 2. The number of aliphatic hydroxyl groups is 2. The minimum Gasteiger partial charge on any atom is -0.480 e. The molecule has 0 aromatic heterocycles. The summed E-state index contributed by atoms with van der Waals surface area (Å²) in [5.41, 5.74) is 0. The lowest BCUT2D eigenvalue weighted by atomic mass is 10.2. The fourth-order valence-electron chi connectivity index (χ4n) is 2.62. The van der Waals surface area contributed by atoms with Gasteiger partial charge >= 0.3 is 12.0 Å². The number of carbonyl (C=O) groups excluding carboxylic acids is 1. The van der Waals surface area contributed by atoms with Gasteiger partial charge in [0.05, 0.1) is 38.0 Å². The van der Waals surface area contributed by atoms with Gasteiger partial charge in [-0.3, -0.25) is 0 Å². The first kappa shape index (κ1) is 15.0. The predicted octanol–water partition coefficient (Wildman–Crippen LogP) is -1.29. The maximum absolute atomic E-state index is 12.5. The van der Waals surface area contributed by atoms with Gasteiger partial charge in [0.2, 0.25) is 0 Å². The van der Waals surface area contributed by atoms with Crippen LogP contribution in [0.15, 0.2) is 0 Å². The molecular formula is C12H20N2O6. The molecule has 0 aromatic carbocycles. The smallest absolute Gasteiger partial charge is 0.326 e. The summed E-state index contributed by atoms with van der Waals surface area (Å²) in [6.45, 7) is 2.14. The summed E-state index contributed by atoms with van der Waals surface area (Å²) >= 11 is 0. The Morgan fingerprint density at radius 3 is 2.60 bits per heavy atom. The summed E-state index contributed by atoms with van der Waals surface area (Å²) in [5.74, 6) is -1.12. The quantitative estimate of drug-likeness (QED) is 0.583. The molecule has 0 saturated carbocycles. The molecule has 2 saturated heterocycles. The van der Waals surface area contributed by atoms with Crippen molar-refractivity contribution in [2.24, 2.45) is 0 Å². The van der Waals surface area contributed by atoms with E-state index >= 15 is 0 Å². The van der Waals surface area contributed by atoms with Crippen LogP contribution in [-0.2, 0) is 9.53 Å². The minimum atomic E-state index is -1.12. The van der Waals surface area contributed by atoms with E-state index in [4.69, 9.17) is 14.9 Å². The average molecular weight is 288 g/mol. The van der Waals surface area contributed by atoms with E-state index in [-0.39, 0.29) is 32.2 Å². The van der Waals surface area contributed by atoms with Crippen molar-refractivity contribution in [3.8, 4) is 0 Å². The Morgan fingerprint density at radius 1 is 1.30 bits per heavy atom. The summed E-state index contributed by atoms with van der Waals surface area (Å²) in [7, 11) is 0. The number of carbonyl (C=O) groups is 2. The molecule has 0 radical (unpaired) electrons. The van der Waals surface area contributed by atoms with E-state index in [0.717, 1.165) is 0 Å². The topological polar surface area (TPSA) is 111 Å². The SMILES string of the molecule is CC1COC(CO)CN1C(=O)N1CC(O)C[C@H]1C(=O)O.